The quantitative estimate of drug-likeness (QED) is 0.149. The fourth-order valence-electron chi connectivity index (χ4n) is 5.40. The van der Waals surface area contributed by atoms with Gasteiger partial charge in [-0.2, -0.15) is 5.26 Å². The Balaban J connectivity index is 1.41. The summed E-state index contributed by atoms with van der Waals surface area (Å²) < 4.78 is 11.4. The minimum absolute atomic E-state index is 0.183. The van der Waals surface area contributed by atoms with Gasteiger partial charge in [-0.25, -0.2) is 0 Å². The summed E-state index contributed by atoms with van der Waals surface area (Å²) in [5.41, 5.74) is 1.37. The fraction of sp³-hybridized carbons (Fsp3) is 0.636. The molecule has 6 nitrogen and oxygen atoms in total. The maximum atomic E-state index is 12.8. The Bertz CT molecular complexity index is 1010. The summed E-state index contributed by atoms with van der Waals surface area (Å²) in [4.78, 5) is 12.8. The van der Waals surface area contributed by atoms with Crippen molar-refractivity contribution in [2.24, 2.45) is 11.3 Å². The molecule has 0 saturated heterocycles. The predicted molar refractivity (Wildman–Crippen MR) is 155 cm³/mol. The van der Waals surface area contributed by atoms with Gasteiger partial charge in [0, 0.05) is 11.6 Å². The number of hydrogen-bond donors (Lipinski definition) is 0. The lowest BCUT2D eigenvalue weighted by atomic mass is 9.69. The summed E-state index contributed by atoms with van der Waals surface area (Å²) in [6.07, 6.45) is 17.3. The monoisotopic (exact) mass is 533 g/mol. The first-order valence-corrected chi connectivity index (χ1v) is 15.3. The number of rotatable bonds is 17. The Labute approximate surface area is 235 Å². The van der Waals surface area contributed by atoms with Crippen molar-refractivity contribution in [1.29, 1.82) is 5.26 Å². The SMILES string of the molecule is CCCCCCCCOc1ccc(-c2ccc(OC(=O)C3CCC(C#N)(CCCCCCC)CC3)nn2)cc1. The average Bonchev–Trinajstić information content (AvgIpc) is 2.97. The van der Waals surface area contributed by atoms with Crippen LogP contribution in [0.3, 0.4) is 0 Å². The number of esters is 1. The van der Waals surface area contributed by atoms with Gasteiger partial charge in [-0.3, -0.25) is 4.79 Å². The molecule has 6 heteroatoms. The van der Waals surface area contributed by atoms with E-state index in [1.54, 1.807) is 6.07 Å². The molecule has 212 valence electrons. The fourth-order valence-corrected chi connectivity index (χ4v) is 5.40. The number of carbonyl (C=O) groups excluding carboxylic acids is 1. The maximum Gasteiger partial charge on any atom is 0.315 e. The zero-order valence-corrected chi connectivity index (χ0v) is 24.1. The van der Waals surface area contributed by atoms with Gasteiger partial charge in [0.05, 0.1) is 29.7 Å². The van der Waals surface area contributed by atoms with E-state index in [1.807, 2.05) is 30.3 Å². The lowest BCUT2D eigenvalue weighted by Crippen LogP contribution is -2.31. The van der Waals surface area contributed by atoms with E-state index in [4.69, 9.17) is 9.47 Å². The van der Waals surface area contributed by atoms with E-state index in [0.29, 0.717) is 18.5 Å². The van der Waals surface area contributed by atoms with Crippen molar-refractivity contribution in [2.75, 3.05) is 6.61 Å². The molecule has 1 aromatic carbocycles. The van der Waals surface area contributed by atoms with Crippen LogP contribution < -0.4 is 9.47 Å². The van der Waals surface area contributed by atoms with Crippen molar-refractivity contribution in [1.82, 2.24) is 10.2 Å². The van der Waals surface area contributed by atoms with Crippen LogP contribution in [0.2, 0.25) is 0 Å². The van der Waals surface area contributed by atoms with Crippen molar-refractivity contribution in [2.45, 2.75) is 117 Å². The number of ether oxygens (including phenoxy) is 2. The molecule has 1 fully saturated rings. The highest BCUT2D eigenvalue weighted by molar-refractivity contribution is 5.75. The molecule has 1 aromatic heterocycles. The molecule has 0 N–H and O–H groups in total. The maximum absolute atomic E-state index is 12.8. The Hall–Kier alpha value is -2.94. The first-order valence-electron chi connectivity index (χ1n) is 15.3. The second-order valence-electron chi connectivity index (χ2n) is 11.1. The van der Waals surface area contributed by atoms with Gasteiger partial charge in [0.1, 0.15) is 5.75 Å². The number of benzene rings is 1. The first kappa shape index (κ1) is 30.6. The van der Waals surface area contributed by atoms with E-state index < -0.39 is 0 Å². The van der Waals surface area contributed by atoms with Crippen molar-refractivity contribution >= 4 is 5.97 Å². The third kappa shape index (κ3) is 10.3. The van der Waals surface area contributed by atoms with E-state index in [2.05, 4.69) is 30.1 Å². The summed E-state index contributed by atoms with van der Waals surface area (Å²) in [5.74, 6) is 0.626. The molecule has 1 saturated carbocycles. The summed E-state index contributed by atoms with van der Waals surface area (Å²) in [5, 5.41) is 18.2. The minimum Gasteiger partial charge on any atom is -0.494 e. The summed E-state index contributed by atoms with van der Waals surface area (Å²) in [6, 6.07) is 14.0. The Morgan fingerprint density at radius 3 is 2.13 bits per heavy atom. The smallest absolute Gasteiger partial charge is 0.315 e. The van der Waals surface area contributed by atoms with Crippen LogP contribution in [0.1, 0.15) is 117 Å². The summed E-state index contributed by atoms with van der Waals surface area (Å²) >= 11 is 0. The van der Waals surface area contributed by atoms with Crippen LogP contribution in [0.25, 0.3) is 11.3 Å². The van der Waals surface area contributed by atoms with E-state index in [9.17, 15) is 10.1 Å². The van der Waals surface area contributed by atoms with Crippen LogP contribution in [0.5, 0.6) is 11.6 Å². The molecule has 0 radical (unpaired) electrons. The summed E-state index contributed by atoms with van der Waals surface area (Å²) in [7, 11) is 0. The van der Waals surface area contributed by atoms with Crippen LogP contribution in [0, 0.1) is 22.7 Å². The number of carbonyl (C=O) groups is 1. The van der Waals surface area contributed by atoms with Gasteiger partial charge in [-0.05, 0) is 68.9 Å². The molecule has 2 aromatic rings. The highest BCUT2D eigenvalue weighted by Crippen LogP contribution is 2.42. The second-order valence-corrected chi connectivity index (χ2v) is 11.1. The number of hydrogen-bond acceptors (Lipinski definition) is 6. The van der Waals surface area contributed by atoms with Crippen molar-refractivity contribution in [3.63, 3.8) is 0 Å². The van der Waals surface area contributed by atoms with Gasteiger partial charge in [0.15, 0.2) is 0 Å². The normalized spacial score (nSPS) is 18.8. The van der Waals surface area contributed by atoms with E-state index in [1.165, 1.54) is 57.8 Å². The number of nitriles is 1. The Morgan fingerprint density at radius 1 is 0.872 bits per heavy atom. The topological polar surface area (TPSA) is 85.1 Å². The molecule has 1 heterocycles. The lowest BCUT2D eigenvalue weighted by molar-refractivity contribution is -0.141. The number of nitrogens with zero attached hydrogens (tertiary/aromatic N) is 3. The molecule has 0 spiro atoms. The van der Waals surface area contributed by atoms with E-state index in [-0.39, 0.29) is 23.2 Å². The molecule has 0 unspecified atom stereocenters. The van der Waals surface area contributed by atoms with Crippen molar-refractivity contribution < 1.29 is 14.3 Å². The van der Waals surface area contributed by atoms with E-state index in [0.717, 1.165) is 50.0 Å². The molecule has 0 atom stereocenters. The minimum atomic E-state index is -0.278. The summed E-state index contributed by atoms with van der Waals surface area (Å²) in [6.45, 7) is 5.18. The van der Waals surface area contributed by atoms with Gasteiger partial charge >= 0.3 is 5.97 Å². The standard InChI is InChI=1S/C33H47N3O3/c1-3-5-7-9-11-13-25-38-29-16-14-27(15-17-29)30-18-19-31(36-35-30)39-32(37)28-20-23-33(26-34,24-21-28)22-12-10-8-6-4-2/h14-19,28H,3-13,20-25H2,1-2H3. The first-order chi connectivity index (χ1) is 19.1. The van der Waals surface area contributed by atoms with Crippen LogP contribution in [0.4, 0.5) is 0 Å². The van der Waals surface area contributed by atoms with E-state index >= 15 is 0 Å². The van der Waals surface area contributed by atoms with Crippen LogP contribution in [-0.4, -0.2) is 22.8 Å². The Kier molecular flexibility index (Phi) is 13.3. The lowest BCUT2D eigenvalue weighted by Gasteiger charge is -2.34. The Morgan fingerprint density at radius 2 is 1.51 bits per heavy atom. The van der Waals surface area contributed by atoms with Gasteiger partial charge in [-0.1, -0.05) is 78.1 Å². The molecule has 0 amide bonds. The van der Waals surface area contributed by atoms with Crippen LogP contribution in [-0.2, 0) is 4.79 Å². The van der Waals surface area contributed by atoms with Crippen molar-refractivity contribution in [3.05, 3.63) is 36.4 Å². The molecule has 39 heavy (non-hydrogen) atoms. The van der Waals surface area contributed by atoms with Gasteiger partial charge < -0.3 is 9.47 Å². The zero-order valence-electron chi connectivity index (χ0n) is 24.1. The number of aromatic nitrogens is 2. The molecule has 3 rings (SSSR count). The molecule has 1 aliphatic rings. The third-order valence-electron chi connectivity index (χ3n) is 8.03. The van der Waals surface area contributed by atoms with Gasteiger partial charge in [-0.15, -0.1) is 10.2 Å². The molecule has 0 aliphatic heterocycles. The van der Waals surface area contributed by atoms with Gasteiger partial charge in [0.2, 0.25) is 5.88 Å². The second kappa shape index (κ2) is 16.9. The predicted octanol–water partition coefficient (Wildman–Crippen LogP) is 8.85. The molecular weight excluding hydrogens is 486 g/mol. The van der Waals surface area contributed by atoms with Crippen LogP contribution in [0.15, 0.2) is 36.4 Å². The highest BCUT2D eigenvalue weighted by atomic mass is 16.5. The van der Waals surface area contributed by atoms with Crippen LogP contribution >= 0.6 is 0 Å². The molecule has 1 aliphatic carbocycles. The third-order valence-corrected chi connectivity index (χ3v) is 8.03. The van der Waals surface area contributed by atoms with Crippen molar-refractivity contribution in [3.8, 4) is 29.0 Å². The highest BCUT2D eigenvalue weighted by Gasteiger charge is 2.38. The molecular formula is C33H47N3O3. The zero-order chi connectivity index (χ0) is 27.8. The average molecular weight is 534 g/mol. The van der Waals surface area contributed by atoms with Gasteiger partial charge in [0.25, 0.3) is 0 Å². The largest absolute Gasteiger partial charge is 0.494 e. The number of unbranched alkanes of at least 4 members (excludes halogenated alkanes) is 9. The molecule has 0 bridgehead atoms.